The maximum Gasteiger partial charge on any atom is 0.0540 e. The zero-order valence-electron chi connectivity index (χ0n) is 32.5. The molecule has 0 saturated heterocycles. The third-order valence-corrected chi connectivity index (χ3v) is 11.8. The molecule has 0 radical (unpaired) electrons. The monoisotopic (exact) mass is 749 g/mol. The minimum atomic E-state index is 1.13. The van der Waals surface area contributed by atoms with Crippen LogP contribution in [0.1, 0.15) is 0 Å². The van der Waals surface area contributed by atoms with Crippen LogP contribution in [0, 0.1) is 0 Å². The molecule has 0 bridgehead atoms. The smallest absolute Gasteiger partial charge is 0.0540 e. The summed E-state index contributed by atoms with van der Waals surface area (Å²) in [7, 11) is 0. The second-order valence-corrected chi connectivity index (χ2v) is 15.2. The molecule has 1 heteroatoms. The molecule has 0 aliphatic carbocycles. The number of hydrogen-bond acceptors (Lipinski definition) is 1. The van der Waals surface area contributed by atoms with Crippen molar-refractivity contribution in [3.8, 4) is 44.5 Å². The van der Waals surface area contributed by atoms with Crippen molar-refractivity contribution in [1.82, 2.24) is 0 Å². The van der Waals surface area contributed by atoms with Crippen LogP contribution in [0.25, 0.3) is 87.6 Å². The van der Waals surface area contributed by atoms with Crippen LogP contribution in [0.15, 0.2) is 237 Å². The fourth-order valence-electron chi connectivity index (χ4n) is 9.24. The molecule has 276 valence electrons. The predicted octanol–water partition coefficient (Wildman–Crippen LogP) is 16.4. The lowest BCUT2D eigenvalue weighted by Crippen LogP contribution is -2.10. The van der Waals surface area contributed by atoms with Crippen LogP contribution in [-0.4, -0.2) is 0 Å². The maximum absolute atomic E-state index is 2.44. The van der Waals surface area contributed by atoms with E-state index in [4.69, 9.17) is 0 Å². The van der Waals surface area contributed by atoms with Gasteiger partial charge in [0.05, 0.1) is 5.69 Å². The van der Waals surface area contributed by atoms with Gasteiger partial charge in [-0.15, -0.1) is 0 Å². The Hall–Kier alpha value is -7.74. The van der Waals surface area contributed by atoms with E-state index in [1.165, 1.54) is 87.6 Å². The molecule has 0 aromatic heterocycles. The summed E-state index contributed by atoms with van der Waals surface area (Å²) in [5, 5.41) is 9.97. The molecule has 11 rings (SSSR count). The van der Waals surface area contributed by atoms with Gasteiger partial charge in [-0.1, -0.05) is 194 Å². The first kappa shape index (κ1) is 34.5. The van der Waals surface area contributed by atoms with Gasteiger partial charge in [0.2, 0.25) is 0 Å². The van der Waals surface area contributed by atoms with Gasteiger partial charge < -0.3 is 4.90 Å². The number of para-hydroxylation sites is 2. The molecule has 11 aromatic rings. The first-order valence-electron chi connectivity index (χ1n) is 20.4. The Morgan fingerprint density at radius 3 is 1.37 bits per heavy atom. The van der Waals surface area contributed by atoms with Crippen molar-refractivity contribution in [1.29, 1.82) is 0 Å². The van der Waals surface area contributed by atoms with Crippen LogP contribution in [0.4, 0.5) is 17.1 Å². The van der Waals surface area contributed by atoms with E-state index in [1.807, 2.05) is 0 Å². The SMILES string of the molecule is c1ccc(-c2cc(-c3ccccc3)c3c4ccc(-c5cccc6c(N(c7ccccc7)c7ccccc7)cccc56)cc4c4ccccc4c3c2-c2ccccc2)cc1. The molecule has 0 fully saturated rings. The van der Waals surface area contributed by atoms with Crippen LogP contribution in [0.2, 0.25) is 0 Å². The fraction of sp³-hybridized carbons (Fsp3) is 0. The molecule has 0 atom stereocenters. The second-order valence-electron chi connectivity index (χ2n) is 15.2. The van der Waals surface area contributed by atoms with Gasteiger partial charge in [-0.3, -0.25) is 0 Å². The van der Waals surface area contributed by atoms with Gasteiger partial charge in [-0.25, -0.2) is 0 Å². The summed E-state index contributed by atoms with van der Waals surface area (Å²) in [6.45, 7) is 0. The summed E-state index contributed by atoms with van der Waals surface area (Å²) in [6, 6.07) is 86.2. The normalized spacial score (nSPS) is 11.4. The van der Waals surface area contributed by atoms with Gasteiger partial charge >= 0.3 is 0 Å². The summed E-state index contributed by atoms with van der Waals surface area (Å²) in [6.07, 6.45) is 0. The van der Waals surface area contributed by atoms with Crippen LogP contribution in [-0.2, 0) is 0 Å². The van der Waals surface area contributed by atoms with Gasteiger partial charge in [-0.05, 0) is 125 Å². The average molecular weight is 750 g/mol. The van der Waals surface area contributed by atoms with Crippen molar-refractivity contribution < 1.29 is 0 Å². The summed E-state index contributed by atoms with van der Waals surface area (Å²) in [4.78, 5) is 2.37. The van der Waals surface area contributed by atoms with Gasteiger partial charge in [0.1, 0.15) is 0 Å². The van der Waals surface area contributed by atoms with Crippen LogP contribution < -0.4 is 4.90 Å². The molecule has 0 amide bonds. The third kappa shape index (κ3) is 5.95. The van der Waals surface area contributed by atoms with E-state index < -0.39 is 0 Å². The van der Waals surface area contributed by atoms with E-state index in [2.05, 4.69) is 241 Å². The second kappa shape index (κ2) is 14.6. The Morgan fingerprint density at radius 1 is 0.237 bits per heavy atom. The zero-order valence-corrected chi connectivity index (χ0v) is 32.5. The van der Waals surface area contributed by atoms with Crippen LogP contribution in [0.5, 0.6) is 0 Å². The number of benzene rings is 11. The maximum atomic E-state index is 2.44. The van der Waals surface area contributed by atoms with Gasteiger partial charge in [-0.2, -0.15) is 0 Å². The molecular weight excluding hydrogens is 711 g/mol. The Labute approximate surface area is 344 Å². The van der Waals surface area contributed by atoms with E-state index in [0.717, 1.165) is 17.1 Å². The van der Waals surface area contributed by atoms with Crippen molar-refractivity contribution in [3.05, 3.63) is 237 Å². The Balaban J connectivity index is 1.21. The molecule has 1 nitrogen and oxygen atoms in total. The minimum absolute atomic E-state index is 1.13. The number of nitrogens with zero attached hydrogens (tertiary/aromatic N) is 1. The molecule has 11 aromatic carbocycles. The zero-order chi connectivity index (χ0) is 39.1. The highest BCUT2D eigenvalue weighted by molar-refractivity contribution is 6.33. The molecular formula is C58H39N. The Kier molecular flexibility index (Phi) is 8.56. The van der Waals surface area contributed by atoms with E-state index in [1.54, 1.807) is 0 Å². The van der Waals surface area contributed by atoms with Crippen molar-refractivity contribution >= 4 is 60.2 Å². The largest absolute Gasteiger partial charge is 0.310 e. The number of fused-ring (bicyclic) bond motifs is 7. The molecule has 0 aliphatic heterocycles. The Bertz CT molecular complexity index is 3250. The molecule has 0 saturated carbocycles. The third-order valence-electron chi connectivity index (χ3n) is 11.8. The van der Waals surface area contributed by atoms with E-state index in [0.29, 0.717) is 0 Å². The van der Waals surface area contributed by atoms with E-state index in [9.17, 15) is 0 Å². The van der Waals surface area contributed by atoms with E-state index in [-0.39, 0.29) is 0 Å². The lowest BCUT2D eigenvalue weighted by atomic mass is 9.81. The van der Waals surface area contributed by atoms with Crippen molar-refractivity contribution in [2.45, 2.75) is 0 Å². The van der Waals surface area contributed by atoms with Crippen LogP contribution in [0.3, 0.4) is 0 Å². The minimum Gasteiger partial charge on any atom is -0.310 e. The van der Waals surface area contributed by atoms with Gasteiger partial charge in [0.25, 0.3) is 0 Å². The number of rotatable bonds is 7. The van der Waals surface area contributed by atoms with Gasteiger partial charge in [0.15, 0.2) is 0 Å². The highest BCUT2D eigenvalue weighted by Gasteiger charge is 2.22. The van der Waals surface area contributed by atoms with Gasteiger partial charge in [0, 0.05) is 16.8 Å². The highest BCUT2D eigenvalue weighted by atomic mass is 15.1. The highest BCUT2D eigenvalue weighted by Crippen LogP contribution is 2.50. The number of hydrogen-bond donors (Lipinski definition) is 0. The molecule has 59 heavy (non-hydrogen) atoms. The van der Waals surface area contributed by atoms with E-state index >= 15 is 0 Å². The molecule has 0 aliphatic rings. The summed E-state index contributed by atoms with van der Waals surface area (Å²) >= 11 is 0. The summed E-state index contributed by atoms with van der Waals surface area (Å²) in [5.74, 6) is 0. The lowest BCUT2D eigenvalue weighted by Gasteiger charge is -2.27. The summed E-state index contributed by atoms with van der Waals surface area (Å²) < 4.78 is 0. The molecule has 0 heterocycles. The summed E-state index contributed by atoms with van der Waals surface area (Å²) in [5.41, 5.74) is 13.2. The Morgan fingerprint density at radius 2 is 0.729 bits per heavy atom. The topological polar surface area (TPSA) is 3.24 Å². The predicted molar refractivity (Wildman–Crippen MR) is 253 cm³/mol. The molecule has 0 spiro atoms. The first-order valence-corrected chi connectivity index (χ1v) is 20.4. The quantitative estimate of drug-likeness (QED) is 0.147. The van der Waals surface area contributed by atoms with Crippen molar-refractivity contribution in [2.24, 2.45) is 0 Å². The average Bonchev–Trinajstić information content (AvgIpc) is 3.32. The standard InChI is InChI=1S/C58H39N/c1-6-20-40(21-7-1)52-39-53(41-22-8-2-9-23-41)57-51-37-36-43(38-54(51)48-30-16-17-31-50(48)58(57)56(52)42-24-10-3-11-25-42)46-32-18-34-49-47(46)33-19-35-55(49)59(44-26-12-4-13-27-44)45-28-14-5-15-29-45/h1-39H. The number of anilines is 3. The molecule has 0 N–H and O–H groups in total. The molecule has 0 unspecified atom stereocenters. The fourth-order valence-corrected chi connectivity index (χ4v) is 9.24. The van der Waals surface area contributed by atoms with Crippen molar-refractivity contribution in [2.75, 3.05) is 4.90 Å². The first-order chi connectivity index (χ1) is 29.3. The van der Waals surface area contributed by atoms with Crippen molar-refractivity contribution in [3.63, 3.8) is 0 Å². The lowest BCUT2D eigenvalue weighted by molar-refractivity contribution is 1.30. The van der Waals surface area contributed by atoms with Crippen LogP contribution >= 0.6 is 0 Å².